The molecule has 1 amide bonds. The summed E-state index contributed by atoms with van der Waals surface area (Å²) in [4.78, 5) is 38.5. The number of ether oxygens (including phenoxy) is 1. The number of anilines is 2. The number of morpholine rings is 1. The first-order valence-corrected chi connectivity index (χ1v) is 10.5. The fraction of sp³-hybridized carbons (Fsp3) is 0.450. The molecule has 164 valence electrons. The predicted octanol–water partition coefficient (Wildman–Crippen LogP) is 2.15. The maximum atomic E-state index is 12.9. The zero-order chi connectivity index (χ0) is 22.0. The number of aromatic nitrogens is 2. The normalized spacial score (nSPS) is 17.0. The molecule has 2 aromatic rings. The third kappa shape index (κ3) is 4.70. The lowest BCUT2D eigenvalue weighted by Gasteiger charge is -2.35. The van der Waals surface area contributed by atoms with E-state index in [1.807, 2.05) is 13.0 Å². The predicted molar refractivity (Wildman–Crippen MR) is 116 cm³/mol. The van der Waals surface area contributed by atoms with Gasteiger partial charge in [0.05, 0.1) is 28.7 Å². The molecular weight excluding hydrogens is 424 g/mol. The number of halogens is 1. The molecule has 3 heterocycles. The highest BCUT2D eigenvalue weighted by atomic mass is 35.5. The zero-order valence-electron chi connectivity index (χ0n) is 17.2. The second-order valence-electron chi connectivity index (χ2n) is 7.47. The lowest BCUT2D eigenvalue weighted by atomic mass is 10.1. The highest BCUT2D eigenvalue weighted by Crippen LogP contribution is 2.25. The number of nitro benzene ring substituents is 1. The summed E-state index contributed by atoms with van der Waals surface area (Å²) in [5.41, 5.74) is 1.02. The summed E-state index contributed by atoms with van der Waals surface area (Å²) in [6.07, 6.45) is 0. The molecule has 1 aromatic heterocycles. The quantitative estimate of drug-likeness (QED) is 0.519. The third-order valence-electron chi connectivity index (χ3n) is 5.41. The summed E-state index contributed by atoms with van der Waals surface area (Å²) in [5.74, 6) is 1.31. The van der Waals surface area contributed by atoms with Crippen LogP contribution in [0.25, 0.3) is 0 Å². The highest BCUT2D eigenvalue weighted by molar-refractivity contribution is 6.34. The van der Waals surface area contributed by atoms with Gasteiger partial charge in [-0.15, -0.1) is 0 Å². The van der Waals surface area contributed by atoms with E-state index < -0.39 is 4.92 Å². The molecule has 11 heteroatoms. The van der Waals surface area contributed by atoms with Crippen molar-refractivity contribution in [3.8, 4) is 0 Å². The summed E-state index contributed by atoms with van der Waals surface area (Å²) < 4.78 is 5.42. The van der Waals surface area contributed by atoms with Gasteiger partial charge in [0.25, 0.3) is 11.6 Å². The molecular formula is C20H23ClN6O4. The molecule has 2 saturated heterocycles. The van der Waals surface area contributed by atoms with E-state index in [-0.39, 0.29) is 22.2 Å². The molecule has 0 saturated carbocycles. The van der Waals surface area contributed by atoms with E-state index in [4.69, 9.17) is 21.3 Å². The van der Waals surface area contributed by atoms with Gasteiger partial charge in [-0.25, -0.2) is 4.98 Å². The van der Waals surface area contributed by atoms with Gasteiger partial charge in [-0.1, -0.05) is 11.6 Å². The van der Waals surface area contributed by atoms with E-state index in [0.717, 1.165) is 24.6 Å². The van der Waals surface area contributed by atoms with Crippen molar-refractivity contribution >= 4 is 35.0 Å². The Morgan fingerprint density at radius 1 is 1.06 bits per heavy atom. The van der Waals surface area contributed by atoms with Gasteiger partial charge in [0.2, 0.25) is 5.95 Å². The Bertz CT molecular complexity index is 990. The van der Waals surface area contributed by atoms with Crippen LogP contribution < -0.4 is 9.80 Å². The van der Waals surface area contributed by atoms with Crippen LogP contribution in [0.5, 0.6) is 0 Å². The molecule has 0 unspecified atom stereocenters. The van der Waals surface area contributed by atoms with E-state index in [9.17, 15) is 14.9 Å². The van der Waals surface area contributed by atoms with Crippen LogP contribution in [-0.4, -0.2) is 78.2 Å². The van der Waals surface area contributed by atoms with E-state index in [1.54, 1.807) is 4.90 Å². The van der Waals surface area contributed by atoms with E-state index in [2.05, 4.69) is 14.8 Å². The molecule has 10 nitrogen and oxygen atoms in total. The Hall–Kier alpha value is -2.98. The highest BCUT2D eigenvalue weighted by Gasteiger charge is 2.26. The number of benzene rings is 1. The smallest absolute Gasteiger partial charge is 0.270 e. The molecule has 4 rings (SSSR count). The Morgan fingerprint density at radius 2 is 1.77 bits per heavy atom. The number of hydrogen-bond acceptors (Lipinski definition) is 8. The number of nitrogens with zero attached hydrogens (tertiary/aromatic N) is 6. The molecule has 0 spiro atoms. The molecule has 1 aromatic carbocycles. The number of piperazine rings is 1. The van der Waals surface area contributed by atoms with Crippen LogP contribution in [0.3, 0.4) is 0 Å². The lowest BCUT2D eigenvalue weighted by Crippen LogP contribution is -2.49. The average Bonchev–Trinajstić information content (AvgIpc) is 2.79. The van der Waals surface area contributed by atoms with Gasteiger partial charge in [-0.3, -0.25) is 14.9 Å². The molecule has 2 aliphatic heterocycles. The number of hydrogen-bond donors (Lipinski definition) is 0. The van der Waals surface area contributed by atoms with Gasteiger partial charge < -0.3 is 19.4 Å². The van der Waals surface area contributed by atoms with Crippen LogP contribution in [-0.2, 0) is 4.74 Å². The van der Waals surface area contributed by atoms with Crippen LogP contribution in [0, 0.1) is 17.0 Å². The second-order valence-corrected chi connectivity index (χ2v) is 7.87. The summed E-state index contributed by atoms with van der Waals surface area (Å²) in [6.45, 7) is 7.06. The number of non-ortho nitro benzene ring substituents is 1. The largest absolute Gasteiger partial charge is 0.378 e. The van der Waals surface area contributed by atoms with Crippen molar-refractivity contribution in [2.24, 2.45) is 0 Å². The van der Waals surface area contributed by atoms with Crippen LogP contribution in [0.2, 0.25) is 5.02 Å². The van der Waals surface area contributed by atoms with Crippen molar-refractivity contribution in [1.29, 1.82) is 0 Å². The summed E-state index contributed by atoms with van der Waals surface area (Å²) >= 11 is 6.12. The SMILES string of the molecule is Cc1cc(N2CCOCC2)nc(N2CCN(C(=O)c3ccc([N+](=O)[O-])cc3Cl)CC2)n1. The molecule has 0 radical (unpaired) electrons. The summed E-state index contributed by atoms with van der Waals surface area (Å²) in [6, 6.07) is 5.89. The monoisotopic (exact) mass is 446 g/mol. The maximum absolute atomic E-state index is 12.9. The Balaban J connectivity index is 1.43. The van der Waals surface area contributed by atoms with Crippen molar-refractivity contribution in [2.45, 2.75) is 6.92 Å². The molecule has 2 aliphatic rings. The Morgan fingerprint density at radius 3 is 2.42 bits per heavy atom. The third-order valence-corrected chi connectivity index (χ3v) is 5.72. The first-order chi connectivity index (χ1) is 14.9. The number of nitro groups is 1. The van der Waals surface area contributed by atoms with Crippen molar-refractivity contribution in [2.75, 3.05) is 62.3 Å². The minimum atomic E-state index is -0.536. The van der Waals surface area contributed by atoms with Gasteiger partial charge in [-0.05, 0) is 13.0 Å². The van der Waals surface area contributed by atoms with Crippen molar-refractivity contribution in [3.63, 3.8) is 0 Å². The summed E-state index contributed by atoms with van der Waals surface area (Å²) in [7, 11) is 0. The molecule has 0 bridgehead atoms. The standard InChI is InChI=1S/C20H23ClN6O4/c1-14-12-18(24-8-10-31-11-9-24)23-20(22-14)26-6-4-25(5-7-26)19(28)16-3-2-15(27(29)30)13-17(16)21/h2-3,12-13H,4-11H2,1H3. The number of amides is 1. The van der Waals surface area contributed by atoms with Gasteiger partial charge in [0.15, 0.2) is 0 Å². The fourth-order valence-corrected chi connectivity index (χ4v) is 3.96. The Labute approximate surface area is 184 Å². The van der Waals surface area contributed by atoms with Crippen LogP contribution in [0.4, 0.5) is 17.5 Å². The molecule has 2 fully saturated rings. The van der Waals surface area contributed by atoms with Gasteiger partial charge in [0.1, 0.15) is 5.82 Å². The van der Waals surface area contributed by atoms with Gasteiger partial charge >= 0.3 is 0 Å². The van der Waals surface area contributed by atoms with Crippen molar-refractivity contribution in [3.05, 3.63) is 50.7 Å². The van der Waals surface area contributed by atoms with E-state index in [0.29, 0.717) is 45.3 Å². The molecule has 0 atom stereocenters. The van der Waals surface area contributed by atoms with E-state index >= 15 is 0 Å². The first-order valence-electron chi connectivity index (χ1n) is 10.1. The second kappa shape index (κ2) is 9.03. The van der Waals surface area contributed by atoms with Crippen LogP contribution in [0.1, 0.15) is 16.1 Å². The molecule has 0 N–H and O–H groups in total. The fourth-order valence-electron chi connectivity index (χ4n) is 3.70. The van der Waals surface area contributed by atoms with Crippen LogP contribution in [0.15, 0.2) is 24.3 Å². The van der Waals surface area contributed by atoms with Crippen molar-refractivity contribution < 1.29 is 14.5 Å². The minimum absolute atomic E-state index is 0.0822. The van der Waals surface area contributed by atoms with Crippen LogP contribution >= 0.6 is 11.6 Å². The molecule has 0 aliphatic carbocycles. The van der Waals surface area contributed by atoms with Gasteiger partial charge in [0, 0.05) is 63.2 Å². The zero-order valence-corrected chi connectivity index (χ0v) is 17.9. The topological polar surface area (TPSA) is 105 Å². The lowest BCUT2D eigenvalue weighted by molar-refractivity contribution is -0.384. The van der Waals surface area contributed by atoms with E-state index in [1.165, 1.54) is 18.2 Å². The molecule has 31 heavy (non-hydrogen) atoms. The maximum Gasteiger partial charge on any atom is 0.270 e. The summed E-state index contributed by atoms with van der Waals surface area (Å²) in [5, 5.41) is 11.0. The van der Waals surface area contributed by atoms with Gasteiger partial charge in [-0.2, -0.15) is 4.98 Å². The number of carbonyl (C=O) groups excluding carboxylic acids is 1. The average molecular weight is 447 g/mol. The number of carbonyl (C=O) groups is 1. The minimum Gasteiger partial charge on any atom is -0.378 e. The van der Waals surface area contributed by atoms with Crippen molar-refractivity contribution in [1.82, 2.24) is 14.9 Å². The first kappa shape index (κ1) is 21.3. The number of rotatable bonds is 4. The Kier molecular flexibility index (Phi) is 6.19. The number of aryl methyl sites for hydroxylation is 1.